The SMILES string of the molecule is Cc1nc(CNC(=O)c2cc(-c3ccccc3)n(-c3ccccc3)n2)n[nH]1. The predicted octanol–water partition coefficient (Wildman–Crippen LogP) is 2.90. The lowest BCUT2D eigenvalue weighted by Gasteiger charge is -2.07. The third-order valence-electron chi connectivity index (χ3n) is 4.06. The van der Waals surface area contributed by atoms with Gasteiger partial charge in [-0.25, -0.2) is 9.67 Å². The Bertz CT molecular complexity index is 996. The minimum atomic E-state index is -0.274. The smallest absolute Gasteiger partial charge is 0.272 e. The van der Waals surface area contributed by atoms with Crippen LogP contribution in [0.2, 0.25) is 0 Å². The highest BCUT2D eigenvalue weighted by Crippen LogP contribution is 2.23. The first-order chi connectivity index (χ1) is 13.2. The molecule has 0 atom stereocenters. The van der Waals surface area contributed by atoms with Gasteiger partial charge in [0.2, 0.25) is 0 Å². The molecule has 0 saturated heterocycles. The van der Waals surface area contributed by atoms with Crippen LogP contribution < -0.4 is 5.32 Å². The summed E-state index contributed by atoms with van der Waals surface area (Å²) < 4.78 is 1.78. The van der Waals surface area contributed by atoms with Crippen LogP contribution in [0.5, 0.6) is 0 Å². The molecule has 4 rings (SSSR count). The van der Waals surface area contributed by atoms with E-state index in [1.807, 2.05) is 67.6 Å². The zero-order chi connectivity index (χ0) is 18.6. The van der Waals surface area contributed by atoms with Gasteiger partial charge in [-0.2, -0.15) is 10.2 Å². The molecule has 2 heterocycles. The second-order valence-electron chi connectivity index (χ2n) is 6.05. The molecular formula is C20H18N6O. The number of nitrogens with one attached hydrogen (secondary N) is 2. The van der Waals surface area contributed by atoms with Crippen LogP contribution in [0.1, 0.15) is 22.1 Å². The summed E-state index contributed by atoms with van der Waals surface area (Å²) in [6, 6.07) is 21.4. The first-order valence-corrected chi connectivity index (χ1v) is 8.58. The summed E-state index contributed by atoms with van der Waals surface area (Å²) in [5.74, 6) is 0.968. The first-order valence-electron chi connectivity index (χ1n) is 8.58. The molecule has 0 bridgehead atoms. The number of H-pyrrole nitrogens is 1. The Hall–Kier alpha value is -3.74. The molecule has 134 valence electrons. The molecule has 2 N–H and O–H groups in total. The summed E-state index contributed by atoms with van der Waals surface area (Å²) >= 11 is 0. The number of carbonyl (C=O) groups excluding carboxylic acids is 1. The molecule has 0 aliphatic carbocycles. The van der Waals surface area contributed by atoms with E-state index < -0.39 is 0 Å². The molecule has 27 heavy (non-hydrogen) atoms. The van der Waals surface area contributed by atoms with E-state index in [9.17, 15) is 4.79 Å². The Morgan fingerprint density at radius 1 is 1.07 bits per heavy atom. The van der Waals surface area contributed by atoms with Crippen LogP contribution in [0.15, 0.2) is 66.7 Å². The molecule has 0 saturated carbocycles. The maximum absolute atomic E-state index is 12.6. The van der Waals surface area contributed by atoms with Crippen LogP contribution in [-0.2, 0) is 6.54 Å². The molecular weight excluding hydrogens is 340 g/mol. The van der Waals surface area contributed by atoms with Crippen molar-refractivity contribution in [1.29, 1.82) is 0 Å². The van der Waals surface area contributed by atoms with E-state index in [4.69, 9.17) is 0 Å². The maximum Gasteiger partial charge on any atom is 0.272 e. The van der Waals surface area contributed by atoms with Gasteiger partial charge >= 0.3 is 0 Å². The fourth-order valence-electron chi connectivity index (χ4n) is 2.79. The van der Waals surface area contributed by atoms with Crippen LogP contribution in [0.3, 0.4) is 0 Å². The number of para-hydroxylation sites is 1. The Balaban J connectivity index is 1.65. The molecule has 0 radical (unpaired) electrons. The van der Waals surface area contributed by atoms with Gasteiger partial charge < -0.3 is 5.32 Å². The Morgan fingerprint density at radius 2 is 1.78 bits per heavy atom. The lowest BCUT2D eigenvalue weighted by atomic mass is 10.1. The summed E-state index contributed by atoms with van der Waals surface area (Å²) in [6.07, 6.45) is 0. The van der Waals surface area contributed by atoms with Crippen LogP contribution in [0, 0.1) is 6.92 Å². The van der Waals surface area contributed by atoms with Crippen LogP contribution in [-0.4, -0.2) is 30.9 Å². The zero-order valence-corrected chi connectivity index (χ0v) is 14.8. The van der Waals surface area contributed by atoms with Crippen molar-refractivity contribution in [3.8, 4) is 16.9 Å². The minimum Gasteiger partial charge on any atom is -0.343 e. The molecule has 2 aromatic heterocycles. The van der Waals surface area contributed by atoms with E-state index in [0.29, 0.717) is 17.3 Å². The summed E-state index contributed by atoms with van der Waals surface area (Å²) in [5.41, 5.74) is 3.06. The second-order valence-corrected chi connectivity index (χ2v) is 6.05. The predicted molar refractivity (Wildman–Crippen MR) is 101 cm³/mol. The maximum atomic E-state index is 12.6. The van der Waals surface area contributed by atoms with Crippen molar-refractivity contribution in [2.24, 2.45) is 0 Å². The fourth-order valence-corrected chi connectivity index (χ4v) is 2.79. The van der Waals surface area contributed by atoms with Gasteiger partial charge in [0, 0.05) is 5.56 Å². The number of aromatic amines is 1. The second kappa shape index (κ2) is 7.25. The van der Waals surface area contributed by atoms with Crippen molar-refractivity contribution in [2.75, 3.05) is 0 Å². The number of nitrogens with zero attached hydrogens (tertiary/aromatic N) is 4. The van der Waals surface area contributed by atoms with E-state index in [1.165, 1.54) is 0 Å². The largest absolute Gasteiger partial charge is 0.343 e. The number of hydrogen-bond acceptors (Lipinski definition) is 4. The highest BCUT2D eigenvalue weighted by molar-refractivity contribution is 5.93. The van der Waals surface area contributed by atoms with Gasteiger partial charge in [-0.1, -0.05) is 48.5 Å². The molecule has 4 aromatic rings. The van der Waals surface area contributed by atoms with Crippen LogP contribution >= 0.6 is 0 Å². The Kier molecular flexibility index (Phi) is 4.49. The van der Waals surface area contributed by atoms with Gasteiger partial charge in [0.25, 0.3) is 5.91 Å². The summed E-state index contributed by atoms with van der Waals surface area (Å²) in [5, 5.41) is 14.1. The molecule has 0 aliphatic rings. The lowest BCUT2D eigenvalue weighted by molar-refractivity contribution is 0.0944. The highest BCUT2D eigenvalue weighted by Gasteiger charge is 2.17. The van der Waals surface area contributed by atoms with Gasteiger partial charge in [-0.05, 0) is 25.1 Å². The number of aromatic nitrogens is 5. The lowest BCUT2D eigenvalue weighted by Crippen LogP contribution is -2.24. The zero-order valence-electron chi connectivity index (χ0n) is 14.8. The third kappa shape index (κ3) is 3.62. The summed E-state index contributed by atoms with van der Waals surface area (Å²) in [4.78, 5) is 16.8. The normalized spacial score (nSPS) is 10.7. The van der Waals surface area contributed by atoms with Gasteiger partial charge in [0.05, 0.1) is 17.9 Å². The standard InChI is InChI=1S/C20H18N6O/c1-14-22-19(24-23-14)13-21-20(27)17-12-18(15-8-4-2-5-9-15)26(25-17)16-10-6-3-7-11-16/h2-12H,13H2,1H3,(H,21,27)(H,22,23,24). The first kappa shape index (κ1) is 16.7. The molecule has 1 amide bonds. The molecule has 7 heteroatoms. The van der Waals surface area contributed by atoms with Crippen molar-refractivity contribution in [3.05, 3.63) is 84.1 Å². The number of hydrogen-bond donors (Lipinski definition) is 2. The van der Waals surface area contributed by atoms with Crippen molar-refractivity contribution in [2.45, 2.75) is 13.5 Å². The van der Waals surface area contributed by atoms with Crippen molar-refractivity contribution >= 4 is 5.91 Å². The van der Waals surface area contributed by atoms with Crippen LogP contribution in [0.25, 0.3) is 16.9 Å². The van der Waals surface area contributed by atoms with E-state index >= 15 is 0 Å². The minimum absolute atomic E-state index is 0.238. The number of aryl methyl sites for hydroxylation is 1. The van der Waals surface area contributed by atoms with E-state index in [2.05, 4.69) is 25.6 Å². The van der Waals surface area contributed by atoms with Crippen molar-refractivity contribution < 1.29 is 4.79 Å². The van der Waals surface area contributed by atoms with E-state index in [0.717, 1.165) is 16.9 Å². The Morgan fingerprint density at radius 3 is 2.44 bits per heavy atom. The molecule has 7 nitrogen and oxygen atoms in total. The molecule has 0 fully saturated rings. The quantitative estimate of drug-likeness (QED) is 0.574. The van der Waals surface area contributed by atoms with Crippen LogP contribution in [0.4, 0.5) is 0 Å². The number of rotatable bonds is 5. The van der Waals surface area contributed by atoms with Crippen molar-refractivity contribution in [3.63, 3.8) is 0 Å². The summed E-state index contributed by atoms with van der Waals surface area (Å²) in [7, 11) is 0. The Labute approximate surface area is 156 Å². The van der Waals surface area contributed by atoms with E-state index in [-0.39, 0.29) is 12.5 Å². The van der Waals surface area contributed by atoms with Gasteiger partial charge in [0.15, 0.2) is 11.5 Å². The highest BCUT2D eigenvalue weighted by atomic mass is 16.1. The molecule has 2 aromatic carbocycles. The topological polar surface area (TPSA) is 88.5 Å². The summed E-state index contributed by atoms with van der Waals surface area (Å²) in [6.45, 7) is 2.05. The average molecular weight is 358 g/mol. The van der Waals surface area contributed by atoms with Crippen molar-refractivity contribution in [1.82, 2.24) is 30.3 Å². The van der Waals surface area contributed by atoms with E-state index in [1.54, 1.807) is 10.7 Å². The number of carbonyl (C=O) groups is 1. The number of amides is 1. The number of benzene rings is 2. The molecule has 0 unspecified atom stereocenters. The monoisotopic (exact) mass is 358 g/mol. The van der Waals surface area contributed by atoms with Gasteiger partial charge in [-0.15, -0.1) is 0 Å². The molecule has 0 aliphatic heterocycles. The fraction of sp³-hybridized carbons (Fsp3) is 0.100. The average Bonchev–Trinajstić information content (AvgIpc) is 3.34. The van der Waals surface area contributed by atoms with Gasteiger partial charge in [-0.3, -0.25) is 9.89 Å². The molecule has 0 spiro atoms. The van der Waals surface area contributed by atoms with Gasteiger partial charge in [0.1, 0.15) is 5.82 Å². The third-order valence-corrected chi connectivity index (χ3v) is 4.06.